The second-order valence-corrected chi connectivity index (χ2v) is 8.97. The van der Waals surface area contributed by atoms with E-state index in [4.69, 9.17) is 0 Å². The van der Waals surface area contributed by atoms with Gasteiger partial charge in [0.15, 0.2) is 9.84 Å². The van der Waals surface area contributed by atoms with Crippen LogP contribution in [0.2, 0.25) is 0 Å². The second-order valence-electron chi connectivity index (χ2n) is 6.49. The van der Waals surface area contributed by atoms with Gasteiger partial charge in [-0.2, -0.15) is 0 Å². The molecule has 2 atom stereocenters. The van der Waals surface area contributed by atoms with Crippen molar-refractivity contribution >= 4 is 9.84 Å². The van der Waals surface area contributed by atoms with E-state index in [0.29, 0.717) is 24.4 Å². The molecule has 1 N–H and O–H groups in total. The quantitative estimate of drug-likeness (QED) is 0.839. The molecule has 1 saturated heterocycles. The van der Waals surface area contributed by atoms with Gasteiger partial charge in [-0.3, -0.25) is 4.90 Å². The predicted octanol–water partition coefficient (Wildman–Crippen LogP) is 1.66. The third-order valence-electron chi connectivity index (χ3n) is 5.08. The molecule has 4 nitrogen and oxygen atoms in total. The molecule has 5 heteroatoms. The molecule has 118 valence electrons. The zero-order valence-electron chi connectivity index (χ0n) is 13.0. The summed E-state index contributed by atoms with van der Waals surface area (Å²) in [6.45, 7) is 6.64. The molecule has 1 heterocycles. The summed E-state index contributed by atoms with van der Waals surface area (Å²) in [4.78, 5) is 2.38. The SMILES string of the molecule is CCS(=O)(=O)CCN1CC(C2CCCCC2)NCC1C. The number of hydrogen-bond donors (Lipinski definition) is 1. The average Bonchev–Trinajstić information content (AvgIpc) is 2.47. The van der Waals surface area contributed by atoms with Gasteiger partial charge in [0, 0.05) is 37.5 Å². The number of rotatable bonds is 5. The lowest BCUT2D eigenvalue weighted by Gasteiger charge is -2.42. The van der Waals surface area contributed by atoms with Crippen molar-refractivity contribution in [1.29, 1.82) is 0 Å². The van der Waals surface area contributed by atoms with Gasteiger partial charge in [0.1, 0.15) is 0 Å². The van der Waals surface area contributed by atoms with E-state index >= 15 is 0 Å². The topological polar surface area (TPSA) is 49.4 Å². The summed E-state index contributed by atoms with van der Waals surface area (Å²) in [6.07, 6.45) is 6.80. The predicted molar refractivity (Wildman–Crippen MR) is 83.7 cm³/mol. The van der Waals surface area contributed by atoms with E-state index < -0.39 is 9.84 Å². The van der Waals surface area contributed by atoms with Crippen molar-refractivity contribution in [2.45, 2.75) is 58.0 Å². The second kappa shape index (κ2) is 7.23. The number of hydrogen-bond acceptors (Lipinski definition) is 4. The van der Waals surface area contributed by atoms with Crippen LogP contribution in [0.3, 0.4) is 0 Å². The first kappa shape index (κ1) is 16.2. The molecule has 2 unspecified atom stereocenters. The summed E-state index contributed by atoms with van der Waals surface area (Å²) in [5, 5.41) is 3.69. The minimum absolute atomic E-state index is 0.263. The molecule has 2 fully saturated rings. The molecule has 0 aromatic carbocycles. The molecule has 1 saturated carbocycles. The molecule has 1 aliphatic heterocycles. The van der Waals surface area contributed by atoms with Gasteiger partial charge in [0.25, 0.3) is 0 Å². The van der Waals surface area contributed by atoms with Crippen LogP contribution in [-0.4, -0.2) is 56.5 Å². The number of nitrogens with one attached hydrogen (secondary N) is 1. The van der Waals surface area contributed by atoms with E-state index in [0.717, 1.165) is 19.0 Å². The Morgan fingerprint density at radius 2 is 1.90 bits per heavy atom. The van der Waals surface area contributed by atoms with Crippen molar-refractivity contribution in [3.05, 3.63) is 0 Å². The first-order valence-corrected chi connectivity index (χ1v) is 10.0. The summed E-state index contributed by atoms with van der Waals surface area (Å²) in [5.41, 5.74) is 0. The van der Waals surface area contributed by atoms with Crippen LogP contribution >= 0.6 is 0 Å². The minimum Gasteiger partial charge on any atom is -0.311 e. The van der Waals surface area contributed by atoms with Gasteiger partial charge < -0.3 is 5.32 Å². The van der Waals surface area contributed by atoms with Crippen LogP contribution in [0.25, 0.3) is 0 Å². The lowest BCUT2D eigenvalue weighted by Crippen LogP contribution is -2.58. The fourth-order valence-corrected chi connectivity index (χ4v) is 4.31. The highest BCUT2D eigenvalue weighted by Gasteiger charge is 2.31. The average molecular weight is 302 g/mol. The zero-order valence-corrected chi connectivity index (χ0v) is 13.8. The molecule has 20 heavy (non-hydrogen) atoms. The van der Waals surface area contributed by atoms with Gasteiger partial charge in [-0.25, -0.2) is 8.42 Å². The Morgan fingerprint density at radius 1 is 1.20 bits per heavy atom. The van der Waals surface area contributed by atoms with Crippen LogP contribution in [0.5, 0.6) is 0 Å². The smallest absolute Gasteiger partial charge is 0.151 e. The molecule has 1 aliphatic carbocycles. The van der Waals surface area contributed by atoms with Crippen LogP contribution < -0.4 is 5.32 Å². The van der Waals surface area contributed by atoms with Gasteiger partial charge in [0.2, 0.25) is 0 Å². The van der Waals surface area contributed by atoms with Gasteiger partial charge in [0.05, 0.1) is 5.75 Å². The summed E-state index contributed by atoms with van der Waals surface area (Å²) < 4.78 is 23.4. The highest BCUT2D eigenvalue weighted by Crippen LogP contribution is 2.28. The lowest BCUT2D eigenvalue weighted by molar-refractivity contribution is 0.110. The fourth-order valence-electron chi connectivity index (χ4n) is 3.51. The highest BCUT2D eigenvalue weighted by atomic mass is 32.2. The van der Waals surface area contributed by atoms with E-state index in [-0.39, 0.29) is 5.75 Å². The third kappa shape index (κ3) is 4.43. The van der Waals surface area contributed by atoms with Crippen molar-refractivity contribution in [3.8, 4) is 0 Å². The maximum absolute atomic E-state index is 11.7. The van der Waals surface area contributed by atoms with Crippen LogP contribution in [0.1, 0.15) is 46.0 Å². The lowest BCUT2D eigenvalue weighted by atomic mass is 9.82. The van der Waals surface area contributed by atoms with Gasteiger partial charge >= 0.3 is 0 Å². The minimum atomic E-state index is -2.85. The first-order valence-electron chi connectivity index (χ1n) is 8.19. The largest absolute Gasteiger partial charge is 0.311 e. The molecule has 2 aliphatic rings. The van der Waals surface area contributed by atoms with Gasteiger partial charge in [-0.15, -0.1) is 0 Å². The molecule has 0 spiro atoms. The Labute approximate surface area is 124 Å². The molecule has 0 radical (unpaired) electrons. The normalized spacial score (nSPS) is 30.5. The van der Waals surface area contributed by atoms with Crippen molar-refractivity contribution < 1.29 is 8.42 Å². The third-order valence-corrected chi connectivity index (χ3v) is 6.76. The summed E-state index contributed by atoms with van der Waals surface area (Å²) in [6, 6.07) is 1.01. The maximum atomic E-state index is 11.7. The van der Waals surface area contributed by atoms with Crippen LogP contribution in [0.4, 0.5) is 0 Å². The maximum Gasteiger partial charge on any atom is 0.151 e. The molecule has 0 bridgehead atoms. The van der Waals surface area contributed by atoms with E-state index in [1.165, 1.54) is 32.1 Å². The highest BCUT2D eigenvalue weighted by molar-refractivity contribution is 7.91. The van der Waals surface area contributed by atoms with Gasteiger partial charge in [-0.05, 0) is 25.7 Å². The van der Waals surface area contributed by atoms with E-state index in [9.17, 15) is 8.42 Å². The summed E-state index contributed by atoms with van der Waals surface area (Å²) >= 11 is 0. The zero-order chi connectivity index (χ0) is 14.6. The Hall–Kier alpha value is -0.130. The Kier molecular flexibility index (Phi) is 5.87. The van der Waals surface area contributed by atoms with E-state index in [1.54, 1.807) is 6.92 Å². The Morgan fingerprint density at radius 3 is 2.55 bits per heavy atom. The van der Waals surface area contributed by atoms with Gasteiger partial charge in [-0.1, -0.05) is 26.2 Å². The molecular formula is C15H30N2O2S. The van der Waals surface area contributed by atoms with Crippen LogP contribution in [0.15, 0.2) is 0 Å². The van der Waals surface area contributed by atoms with Crippen molar-refractivity contribution in [3.63, 3.8) is 0 Å². The molecule has 0 amide bonds. The Bertz CT molecular complexity index is 391. The number of sulfone groups is 1. The molecule has 0 aromatic heterocycles. The monoisotopic (exact) mass is 302 g/mol. The fraction of sp³-hybridized carbons (Fsp3) is 1.00. The standard InChI is InChI=1S/C15H30N2O2S/c1-3-20(18,19)10-9-17-12-15(16-11-13(17)2)14-7-5-4-6-8-14/h13-16H,3-12H2,1-2H3. The van der Waals surface area contributed by atoms with E-state index in [2.05, 4.69) is 17.1 Å². The number of piperazine rings is 1. The van der Waals surface area contributed by atoms with Crippen molar-refractivity contribution in [2.24, 2.45) is 5.92 Å². The Balaban J connectivity index is 1.87. The molecular weight excluding hydrogens is 272 g/mol. The first-order chi connectivity index (χ1) is 9.52. The molecule has 0 aromatic rings. The van der Waals surface area contributed by atoms with Crippen molar-refractivity contribution in [1.82, 2.24) is 10.2 Å². The summed E-state index contributed by atoms with van der Waals surface area (Å²) in [7, 11) is -2.85. The van der Waals surface area contributed by atoms with Crippen LogP contribution in [-0.2, 0) is 9.84 Å². The van der Waals surface area contributed by atoms with E-state index in [1.807, 2.05) is 0 Å². The molecule has 2 rings (SSSR count). The van der Waals surface area contributed by atoms with Crippen LogP contribution in [0, 0.1) is 5.92 Å². The summed E-state index contributed by atoms with van der Waals surface area (Å²) in [5.74, 6) is 1.37. The van der Waals surface area contributed by atoms with Crippen molar-refractivity contribution in [2.75, 3.05) is 31.1 Å². The number of nitrogens with zero attached hydrogens (tertiary/aromatic N) is 1.